The highest BCUT2D eigenvalue weighted by Crippen LogP contribution is 2.23. The van der Waals surface area contributed by atoms with E-state index in [9.17, 15) is 4.79 Å². The summed E-state index contributed by atoms with van der Waals surface area (Å²) in [4.78, 5) is 18.3. The summed E-state index contributed by atoms with van der Waals surface area (Å²) in [6.45, 7) is 0. The summed E-state index contributed by atoms with van der Waals surface area (Å²) in [6.07, 6.45) is 1.67. The van der Waals surface area contributed by atoms with Crippen LogP contribution in [0.1, 0.15) is 10.4 Å². The molecule has 0 radical (unpaired) electrons. The Bertz CT molecular complexity index is 816. The molecule has 0 bridgehead atoms. The molecule has 0 aliphatic rings. The first kappa shape index (κ1) is 14.1. The molecule has 0 unspecified atom stereocenters. The summed E-state index contributed by atoms with van der Waals surface area (Å²) in [7, 11) is 3.36. The van der Waals surface area contributed by atoms with Crippen molar-refractivity contribution in [1.82, 2.24) is 4.98 Å². The van der Waals surface area contributed by atoms with Gasteiger partial charge in [0.15, 0.2) is 0 Å². The molecule has 4 nitrogen and oxygen atoms in total. The number of hydrogen-bond acceptors (Lipinski definition) is 3. The van der Waals surface area contributed by atoms with Crippen molar-refractivity contribution in [2.24, 2.45) is 0 Å². The van der Waals surface area contributed by atoms with Crippen LogP contribution in [-0.4, -0.2) is 25.0 Å². The molecule has 4 heteroatoms. The van der Waals surface area contributed by atoms with E-state index in [0.29, 0.717) is 11.4 Å². The van der Waals surface area contributed by atoms with E-state index in [1.807, 2.05) is 54.6 Å². The molecule has 0 saturated heterocycles. The molecule has 0 N–H and O–H groups in total. The maximum absolute atomic E-state index is 12.6. The maximum atomic E-state index is 12.6. The van der Waals surface area contributed by atoms with Gasteiger partial charge in [-0.15, -0.1) is 0 Å². The zero-order valence-corrected chi connectivity index (χ0v) is 12.5. The number of amides is 1. The summed E-state index contributed by atoms with van der Waals surface area (Å²) in [5, 5.41) is 2.04. The van der Waals surface area contributed by atoms with Gasteiger partial charge >= 0.3 is 0 Å². The van der Waals surface area contributed by atoms with Gasteiger partial charge in [0, 0.05) is 18.8 Å². The first-order valence-corrected chi connectivity index (χ1v) is 6.96. The minimum Gasteiger partial charge on any atom is -0.497 e. The Morgan fingerprint density at radius 3 is 2.55 bits per heavy atom. The number of carbonyl (C=O) groups excluding carboxylic acids is 1. The van der Waals surface area contributed by atoms with Crippen molar-refractivity contribution < 1.29 is 9.53 Å². The average Bonchev–Trinajstić information content (AvgIpc) is 2.60. The van der Waals surface area contributed by atoms with E-state index in [0.717, 1.165) is 16.5 Å². The van der Waals surface area contributed by atoms with E-state index in [1.54, 1.807) is 25.3 Å². The number of benzene rings is 2. The summed E-state index contributed by atoms with van der Waals surface area (Å²) >= 11 is 0. The van der Waals surface area contributed by atoms with Gasteiger partial charge in [-0.25, -0.2) is 4.98 Å². The predicted octanol–water partition coefficient (Wildman–Crippen LogP) is 3.52. The number of carbonyl (C=O) groups is 1. The van der Waals surface area contributed by atoms with Gasteiger partial charge in [0.25, 0.3) is 5.91 Å². The first-order chi connectivity index (χ1) is 10.7. The molecule has 2 aromatic carbocycles. The van der Waals surface area contributed by atoms with Crippen molar-refractivity contribution in [3.05, 3.63) is 66.4 Å². The Labute approximate surface area is 129 Å². The van der Waals surface area contributed by atoms with Crippen LogP contribution in [-0.2, 0) is 0 Å². The average molecular weight is 292 g/mol. The van der Waals surface area contributed by atoms with Crippen LogP contribution in [0.5, 0.6) is 5.75 Å². The van der Waals surface area contributed by atoms with Crippen molar-refractivity contribution in [1.29, 1.82) is 0 Å². The van der Waals surface area contributed by atoms with Crippen molar-refractivity contribution in [3.63, 3.8) is 0 Å². The Morgan fingerprint density at radius 1 is 1.05 bits per heavy atom. The lowest BCUT2D eigenvalue weighted by molar-refractivity contribution is 0.0992. The molecule has 0 atom stereocenters. The lowest BCUT2D eigenvalue weighted by atomic mass is 10.1. The Kier molecular flexibility index (Phi) is 3.74. The maximum Gasteiger partial charge on any atom is 0.259 e. The van der Waals surface area contributed by atoms with Gasteiger partial charge in [-0.1, -0.05) is 18.2 Å². The number of rotatable bonds is 3. The number of ether oxygens (including phenoxy) is 1. The van der Waals surface area contributed by atoms with Gasteiger partial charge in [-0.05, 0) is 47.2 Å². The Balaban J connectivity index is 1.94. The van der Waals surface area contributed by atoms with Crippen LogP contribution >= 0.6 is 0 Å². The van der Waals surface area contributed by atoms with Gasteiger partial charge < -0.3 is 4.74 Å². The minimum absolute atomic E-state index is 0.0866. The van der Waals surface area contributed by atoms with Gasteiger partial charge in [0.05, 0.1) is 7.11 Å². The highest BCUT2D eigenvalue weighted by Gasteiger charge is 2.14. The van der Waals surface area contributed by atoms with E-state index in [4.69, 9.17) is 4.74 Å². The molecule has 22 heavy (non-hydrogen) atoms. The molecule has 3 aromatic rings. The van der Waals surface area contributed by atoms with Crippen LogP contribution in [0.25, 0.3) is 10.8 Å². The molecular weight excluding hydrogens is 276 g/mol. The topological polar surface area (TPSA) is 42.4 Å². The number of anilines is 1. The van der Waals surface area contributed by atoms with Crippen LogP contribution in [0.15, 0.2) is 60.8 Å². The zero-order valence-electron chi connectivity index (χ0n) is 12.5. The number of aromatic nitrogens is 1. The summed E-state index contributed by atoms with van der Waals surface area (Å²) < 4.78 is 5.21. The van der Waals surface area contributed by atoms with Crippen molar-refractivity contribution >= 4 is 22.5 Å². The van der Waals surface area contributed by atoms with Gasteiger partial charge in [-0.2, -0.15) is 0 Å². The molecule has 1 amide bonds. The van der Waals surface area contributed by atoms with Crippen molar-refractivity contribution in [2.75, 3.05) is 19.1 Å². The smallest absolute Gasteiger partial charge is 0.259 e. The predicted molar refractivity (Wildman–Crippen MR) is 87.5 cm³/mol. The largest absolute Gasteiger partial charge is 0.497 e. The monoisotopic (exact) mass is 292 g/mol. The van der Waals surface area contributed by atoms with Gasteiger partial charge in [-0.3, -0.25) is 9.69 Å². The Hall–Kier alpha value is -2.88. The lowest BCUT2D eigenvalue weighted by Crippen LogP contribution is -2.26. The second-order valence-electron chi connectivity index (χ2n) is 4.98. The van der Waals surface area contributed by atoms with Crippen LogP contribution in [0.4, 0.5) is 5.82 Å². The summed E-state index contributed by atoms with van der Waals surface area (Å²) in [6, 6.07) is 16.9. The van der Waals surface area contributed by atoms with Gasteiger partial charge in [0.1, 0.15) is 11.6 Å². The Morgan fingerprint density at radius 2 is 1.82 bits per heavy atom. The third-order valence-electron chi connectivity index (χ3n) is 3.59. The molecule has 1 heterocycles. The molecule has 0 aliphatic heterocycles. The number of hydrogen-bond donors (Lipinski definition) is 0. The third kappa shape index (κ3) is 2.63. The standard InChI is InChI=1S/C18H16N2O2/c1-20(17-5-3-4-10-19-17)18(21)15-7-6-14-12-16(22-2)9-8-13(14)11-15/h3-12H,1-2H3. The fourth-order valence-corrected chi connectivity index (χ4v) is 2.33. The SMILES string of the molecule is COc1ccc2cc(C(=O)N(C)c3ccccn3)ccc2c1. The van der Waals surface area contributed by atoms with E-state index >= 15 is 0 Å². The molecule has 110 valence electrons. The lowest BCUT2D eigenvalue weighted by Gasteiger charge is -2.16. The number of nitrogens with zero attached hydrogens (tertiary/aromatic N) is 2. The van der Waals surface area contributed by atoms with Gasteiger partial charge in [0.2, 0.25) is 0 Å². The van der Waals surface area contributed by atoms with E-state index in [1.165, 1.54) is 0 Å². The van der Waals surface area contributed by atoms with Crippen molar-refractivity contribution in [2.45, 2.75) is 0 Å². The number of methoxy groups -OCH3 is 1. The summed E-state index contributed by atoms with van der Waals surface area (Å²) in [5.41, 5.74) is 0.630. The van der Waals surface area contributed by atoms with Crippen LogP contribution in [0.2, 0.25) is 0 Å². The minimum atomic E-state index is -0.0866. The molecule has 0 aliphatic carbocycles. The van der Waals surface area contributed by atoms with E-state index in [2.05, 4.69) is 4.98 Å². The van der Waals surface area contributed by atoms with E-state index in [-0.39, 0.29) is 5.91 Å². The number of pyridine rings is 1. The van der Waals surface area contributed by atoms with E-state index < -0.39 is 0 Å². The molecule has 0 fully saturated rings. The fourth-order valence-electron chi connectivity index (χ4n) is 2.33. The second-order valence-corrected chi connectivity index (χ2v) is 4.98. The fraction of sp³-hybridized carbons (Fsp3) is 0.111. The quantitative estimate of drug-likeness (QED) is 0.741. The first-order valence-electron chi connectivity index (χ1n) is 6.96. The second kappa shape index (κ2) is 5.85. The molecule has 3 rings (SSSR count). The molecular formula is C18H16N2O2. The van der Waals surface area contributed by atoms with Crippen LogP contribution in [0, 0.1) is 0 Å². The van der Waals surface area contributed by atoms with Crippen LogP contribution in [0.3, 0.4) is 0 Å². The highest BCUT2D eigenvalue weighted by atomic mass is 16.5. The molecule has 0 saturated carbocycles. The third-order valence-corrected chi connectivity index (χ3v) is 3.59. The van der Waals surface area contributed by atoms with Crippen molar-refractivity contribution in [3.8, 4) is 5.75 Å². The normalized spacial score (nSPS) is 10.5. The highest BCUT2D eigenvalue weighted by molar-refractivity contribution is 6.07. The number of fused-ring (bicyclic) bond motifs is 1. The molecule has 0 spiro atoms. The zero-order chi connectivity index (χ0) is 15.5. The van der Waals surface area contributed by atoms with Crippen LogP contribution < -0.4 is 9.64 Å². The summed E-state index contributed by atoms with van der Waals surface area (Å²) in [5.74, 6) is 1.34. The molecule has 1 aromatic heterocycles.